The number of carbonyl (C=O) groups excluding carboxylic acids is 4. The summed E-state index contributed by atoms with van der Waals surface area (Å²) < 4.78 is 5.47. The van der Waals surface area contributed by atoms with Crippen molar-refractivity contribution < 1.29 is 23.9 Å². The van der Waals surface area contributed by atoms with E-state index >= 15 is 0 Å². The molecule has 0 spiro atoms. The Morgan fingerprint density at radius 3 is 2.61 bits per heavy atom. The SMILES string of the molecule is COC1(CN)CN(Cc2cccc3c2C(=O)N(C2CCC(=O)NC2=O)C3=O)C1. The summed E-state index contributed by atoms with van der Waals surface area (Å²) in [5.74, 6) is -1.98. The standard InChI is InChI=1S/C19H22N4O5/c1-28-19(8-20)9-22(10-19)7-11-3-2-4-12-15(11)18(27)23(17(12)26)13-5-6-14(24)21-16(13)25/h2-4,13H,5-10,20H2,1H3,(H,21,24,25). The van der Waals surface area contributed by atoms with Crippen molar-refractivity contribution >= 4 is 23.6 Å². The molecular formula is C19H22N4O5. The molecule has 148 valence electrons. The van der Waals surface area contributed by atoms with E-state index in [4.69, 9.17) is 10.5 Å². The quantitative estimate of drug-likeness (QED) is 0.638. The number of piperidine rings is 1. The second-order valence-corrected chi connectivity index (χ2v) is 7.52. The van der Waals surface area contributed by atoms with E-state index in [9.17, 15) is 19.2 Å². The van der Waals surface area contributed by atoms with Crippen molar-refractivity contribution in [2.75, 3.05) is 26.7 Å². The van der Waals surface area contributed by atoms with Gasteiger partial charge in [-0.1, -0.05) is 12.1 Å². The number of fused-ring (bicyclic) bond motifs is 1. The number of nitrogens with one attached hydrogen (secondary N) is 1. The number of hydrogen-bond acceptors (Lipinski definition) is 7. The molecule has 28 heavy (non-hydrogen) atoms. The van der Waals surface area contributed by atoms with Crippen LogP contribution in [0.15, 0.2) is 18.2 Å². The molecule has 3 N–H and O–H groups in total. The van der Waals surface area contributed by atoms with Crippen molar-refractivity contribution in [2.45, 2.75) is 31.0 Å². The van der Waals surface area contributed by atoms with Gasteiger partial charge in [-0.05, 0) is 18.1 Å². The van der Waals surface area contributed by atoms with Crippen LogP contribution in [-0.4, -0.2) is 71.8 Å². The lowest BCUT2D eigenvalue weighted by Crippen LogP contribution is -2.65. The normalized spacial score (nSPS) is 24.2. The maximum absolute atomic E-state index is 13.1. The summed E-state index contributed by atoms with van der Waals surface area (Å²) >= 11 is 0. The van der Waals surface area contributed by atoms with Gasteiger partial charge in [0.05, 0.1) is 11.1 Å². The molecule has 4 amide bonds. The Labute approximate surface area is 161 Å². The average Bonchev–Trinajstić information content (AvgIpc) is 2.90. The van der Waals surface area contributed by atoms with Crippen LogP contribution in [-0.2, 0) is 20.9 Å². The van der Waals surface area contributed by atoms with E-state index in [0.717, 1.165) is 10.5 Å². The van der Waals surface area contributed by atoms with E-state index in [0.29, 0.717) is 37.3 Å². The van der Waals surface area contributed by atoms with Crippen molar-refractivity contribution in [1.29, 1.82) is 0 Å². The molecule has 0 aromatic heterocycles. The van der Waals surface area contributed by atoms with Crippen molar-refractivity contribution in [1.82, 2.24) is 15.1 Å². The fourth-order valence-electron chi connectivity index (χ4n) is 4.18. The van der Waals surface area contributed by atoms with Crippen LogP contribution in [0.3, 0.4) is 0 Å². The predicted octanol–water partition coefficient (Wildman–Crippen LogP) is -0.753. The molecule has 4 rings (SSSR count). The van der Waals surface area contributed by atoms with E-state index in [1.54, 1.807) is 19.2 Å². The van der Waals surface area contributed by atoms with Gasteiger partial charge in [0.25, 0.3) is 11.8 Å². The molecule has 1 unspecified atom stereocenters. The van der Waals surface area contributed by atoms with Gasteiger partial charge in [0, 0.05) is 39.7 Å². The highest BCUT2D eigenvalue weighted by molar-refractivity contribution is 6.24. The number of likely N-dealkylation sites (tertiary alicyclic amines) is 1. The molecule has 0 aliphatic carbocycles. The molecule has 1 aromatic carbocycles. The Morgan fingerprint density at radius 1 is 1.21 bits per heavy atom. The highest BCUT2D eigenvalue weighted by Gasteiger charge is 2.47. The minimum atomic E-state index is -0.958. The van der Waals surface area contributed by atoms with Crippen LogP contribution in [0.5, 0.6) is 0 Å². The van der Waals surface area contributed by atoms with Gasteiger partial charge in [0.2, 0.25) is 11.8 Å². The van der Waals surface area contributed by atoms with Gasteiger partial charge in [-0.25, -0.2) is 0 Å². The van der Waals surface area contributed by atoms with Crippen molar-refractivity contribution in [3.8, 4) is 0 Å². The second kappa shape index (κ2) is 6.77. The zero-order valence-electron chi connectivity index (χ0n) is 15.6. The maximum Gasteiger partial charge on any atom is 0.262 e. The molecular weight excluding hydrogens is 364 g/mol. The average molecular weight is 386 g/mol. The van der Waals surface area contributed by atoms with Crippen molar-refractivity contribution in [3.05, 3.63) is 34.9 Å². The van der Waals surface area contributed by atoms with Crippen LogP contribution in [0.2, 0.25) is 0 Å². The van der Waals surface area contributed by atoms with Gasteiger partial charge in [-0.2, -0.15) is 0 Å². The Balaban J connectivity index is 1.57. The Hall–Kier alpha value is -2.62. The molecule has 0 radical (unpaired) electrons. The van der Waals surface area contributed by atoms with Crippen LogP contribution in [0.25, 0.3) is 0 Å². The van der Waals surface area contributed by atoms with Crippen molar-refractivity contribution in [2.24, 2.45) is 5.73 Å². The molecule has 0 saturated carbocycles. The molecule has 3 heterocycles. The summed E-state index contributed by atoms with van der Waals surface area (Å²) in [6.07, 6.45) is 0.243. The van der Waals surface area contributed by atoms with E-state index < -0.39 is 29.7 Å². The number of imide groups is 2. The van der Waals surface area contributed by atoms with E-state index in [2.05, 4.69) is 10.2 Å². The fraction of sp³-hybridized carbons (Fsp3) is 0.474. The molecule has 0 bridgehead atoms. The summed E-state index contributed by atoms with van der Waals surface area (Å²) in [5.41, 5.74) is 6.76. The zero-order chi connectivity index (χ0) is 20.1. The Kier molecular flexibility index (Phi) is 4.53. The minimum Gasteiger partial charge on any atom is -0.374 e. The number of rotatable bonds is 5. The molecule has 2 saturated heterocycles. The highest BCUT2D eigenvalue weighted by Crippen LogP contribution is 2.32. The first-order chi connectivity index (χ1) is 13.4. The molecule has 1 aromatic rings. The van der Waals surface area contributed by atoms with Crippen LogP contribution < -0.4 is 11.1 Å². The summed E-state index contributed by atoms with van der Waals surface area (Å²) in [4.78, 5) is 52.6. The van der Waals surface area contributed by atoms with Gasteiger partial charge in [-0.15, -0.1) is 0 Å². The van der Waals surface area contributed by atoms with E-state index in [1.165, 1.54) is 0 Å². The van der Waals surface area contributed by atoms with Crippen LogP contribution in [0.4, 0.5) is 0 Å². The molecule has 2 fully saturated rings. The third-order valence-corrected chi connectivity index (χ3v) is 5.78. The maximum atomic E-state index is 13.1. The summed E-state index contributed by atoms with van der Waals surface area (Å²) in [5, 5.41) is 2.20. The first kappa shape index (κ1) is 18.7. The topological polar surface area (TPSA) is 122 Å². The number of ether oxygens (including phenoxy) is 1. The lowest BCUT2D eigenvalue weighted by molar-refractivity contribution is -0.136. The zero-order valence-corrected chi connectivity index (χ0v) is 15.6. The van der Waals surface area contributed by atoms with Crippen molar-refractivity contribution in [3.63, 3.8) is 0 Å². The van der Waals surface area contributed by atoms with Crippen LogP contribution in [0, 0.1) is 0 Å². The molecule has 3 aliphatic rings. The number of benzene rings is 1. The van der Waals surface area contributed by atoms with E-state index in [1.807, 2.05) is 6.07 Å². The lowest BCUT2D eigenvalue weighted by atomic mass is 9.92. The van der Waals surface area contributed by atoms with Gasteiger partial charge < -0.3 is 10.5 Å². The summed E-state index contributed by atoms with van der Waals surface area (Å²) in [7, 11) is 1.63. The largest absolute Gasteiger partial charge is 0.374 e. The third-order valence-electron chi connectivity index (χ3n) is 5.78. The monoisotopic (exact) mass is 386 g/mol. The van der Waals surface area contributed by atoms with Crippen LogP contribution >= 0.6 is 0 Å². The fourth-order valence-corrected chi connectivity index (χ4v) is 4.18. The highest BCUT2D eigenvalue weighted by atomic mass is 16.5. The van der Waals surface area contributed by atoms with Gasteiger partial charge in [-0.3, -0.25) is 34.3 Å². The molecule has 9 nitrogen and oxygen atoms in total. The summed E-state index contributed by atoms with van der Waals surface area (Å²) in [6, 6.07) is 4.19. The van der Waals surface area contributed by atoms with Crippen LogP contribution in [0.1, 0.15) is 39.1 Å². The number of carbonyl (C=O) groups is 4. The van der Waals surface area contributed by atoms with Gasteiger partial charge in [0.1, 0.15) is 11.6 Å². The molecule has 1 atom stereocenters. The number of nitrogens with zero attached hydrogens (tertiary/aromatic N) is 2. The number of hydrogen-bond donors (Lipinski definition) is 2. The third kappa shape index (κ3) is 2.83. The minimum absolute atomic E-state index is 0.0998. The van der Waals surface area contributed by atoms with Gasteiger partial charge >= 0.3 is 0 Å². The molecule has 3 aliphatic heterocycles. The first-order valence-electron chi connectivity index (χ1n) is 9.20. The Morgan fingerprint density at radius 2 is 1.96 bits per heavy atom. The lowest BCUT2D eigenvalue weighted by Gasteiger charge is -2.48. The first-order valence-corrected chi connectivity index (χ1v) is 9.20. The number of methoxy groups -OCH3 is 1. The number of amides is 4. The Bertz CT molecular complexity index is 871. The second-order valence-electron chi connectivity index (χ2n) is 7.52. The predicted molar refractivity (Wildman–Crippen MR) is 97.2 cm³/mol. The smallest absolute Gasteiger partial charge is 0.262 e. The summed E-state index contributed by atoms with van der Waals surface area (Å²) in [6.45, 7) is 2.18. The molecule has 9 heteroatoms. The van der Waals surface area contributed by atoms with E-state index in [-0.39, 0.29) is 18.4 Å². The van der Waals surface area contributed by atoms with Gasteiger partial charge in [0.15, 0.2) is 0 Å². The number of nitrogens with two attached hydrogens (primary N) is 1.